The van der Waals surface area contributed by atoms with E-state index in [2.05, 4.69) is 4.90 Å². The second-order valence-electron chi connectivity index (χ2n) is 4.07. The molecule has 0 bridgehead atoms. The Hall–Kier alpha value is -0.600. The maximum atomic E-state index is 12.8. The van der Waals surface area contributed by atoms with Crippen molar-refractivity contribution in [3.63, 3.8) is 0 Å². The van der Waals surface area contributed by atoms with Crippen LogP contribution >= 0.6 is 11.6 Å². The molecule has 1 aromatic rings. The molecule has 0 aromatic heterocycles. The largest absolute Gasteiger partial charge is 0.299 e. The van der Waals surface area contributed by atoms with Gasteiger partial charge in [0.2, 0.25) is 0 Å². The van der Waals surface area contributed by atoms with Gasteiger partial charge in [-0.3, -0.25) is 4.90 Å². The molecular formula is C12H15ClFN. The molecule has 1 heterocycles. The highest BCUT2D eigenvalue weighted by molar-refractivity contribution is 6.31. The predicted octanol–water partition coefficient (Wildman–Crippen LogP) is 3.47. The second-order valence-corrected chi connectivity index (χ2v) is 4.48. The molecule has 0 atom stereocenters. The number of halogens is 2. The summed E-state index contributed by atoms with van der Waals surface area (Å²) in [4.78, 5) is 2.38. The summed E-state index contributed by atoms with van der Waals surface area (Å²) < 4.78 is 12.8. The molecule has 1 aliphatic heterocycles. The van der Waals surface area contributed by atoms with E-state index in [4.69, 9.17) is 11.6 Å². The summed E-state index contributed by atoms with van der Waals surface area (Å²) in [5, 5.41) is 0.542. The minimum Gasteiger partial charge on any atom is -0.299 e. The van der Waals surface area contributed by atoms with Gasteiger partial charge < -0.3 is 0 Å². The predicted molar refractivity (Wildman–Crippen MR) is 60.5 cm³/mol. The summed E-state index contributed by atoms with van der Waals surface area (Å²) >= 11 is 5.98. The van der Waals surface area contributed by atoms with Crippen molar-refractivity contribution < 1.29 is 4.39 Å². The summed E-state index contributed by atoms with van der Waals surface area (Å²) in [7, 11) is 0. The monoisotopic (exact) mass is 227 g/mol. The molecule has 15 heavy (non-hydrogen) atoms. The molecule has 0 radical (unpaired) electrons. The molecule has 0 amide bonds. The van der Waals surface area contributed by atoms with Gasteiger partial charge >= 0.3 is 0 Å². The van der Waals surface area contributed by atoms with Crippen LogP contribution in [0.3, 0.4) is 0 Å². The van der Waals surface area contributed by atoms with Crippen LogP contribution in [0.25, 0.3) is 0 Å². The molecule has 0 aliphatic carbocycles. The number of piperidine rings is 1. The highest BCUT2D eigenvalue weighted by Gasteiger charge is 2.12. The summed E-state index contributed by atoms with van der Waals surface area (Å²) in [5.74, 6) is -0.262. The van der Waals surface area contributed by atoms with E-state index in [1.807, 2.05) is 0 Å². The minimum absolute atomic E-state index is 0.262. The van der Waals surface area contributed by atoms with E-state index in [9.17, 15) is 4.39 Å². The number of likely N-dealkylation sites (tertiary alicyclic amines) is 1. The second kappa shape index (κ2) is 4.95. The van der Waals surface area contributed by atoms with Gasteiger partial charge in [0.1, 0.15) is 5.82 Å². The van der Waals surface area contributed by atoms with Crippen LogP contribution in [0.4, 0.5) is 4.39 Å². The van der Waals surface area contributed by atoms with Crippen LogP contribution < -0.4 is 0 Å². The van der Waals surface area contributed by atoms with E-state index >= 15 is 0 Å². The maximum Gasteiger partial charge on any atom is 0.124 e. The van der Waals surface area contributed by atoms with Crippen LogP contribution in [0.15, 0.2) is 18.2 Å². The first-order valence-electron chi connectivity index (χ1n) is 5.42. The Morgan fingerprint density at radius 1 is 1.20 bits per heavy atom. The number of nitrogens with zero attached hydrogens (tertiary/aromatic N) is 1. The zero-order valence-electron chi connectivity index (χ0n) is 8.68. The Balaban J connectivity index is 2.03. The average molecular weight is 228 g/mol. The third-order valence-corrected chi connectivity index (χ3v) is 3.21. The Morgan fingerprint density at radius 2 is 1.93 bits per heavy atom. The highest BCUT2D eigenvalue weighted by Crippen LogP contribution is 2.20. The van der Waals surface area contributed by atoms with Crippen LogP contribution in [0.2, 0.25) is 5.02 Å². The Bertz CT molecular complexity index is 334. The first-order valence-corrected chi connectivity index (χ1v) is 5.80. The van der Waals surface area contributed by atoms with E-state index < -0.39 is 0 Å². The van der Waals surface area contributed by atoms with Crippen LogP contribution in [0.1, 0.15) is 24.8 Å². The number of benzene rings is 1. The Kier molecular flexibility index (Phi) is 3.60. The summed E-state index contributed by atoms with van der Waals surface area (Å²) in [6, 6.07) is 4.65. The van der Waals surface area contributed by atoms with Crippen molar-refractivity contribution >= 4 is 11.6 Å². The van der Waals surface area contributed by atoms with Crippen molar-refractivity contribution in [2.24, 2.45) is 0 Å². The zero-order chi connectivity index (χ0) is 10.7. The van der Waals surface area contributed by atoms with Gasteiger partial charge in [-0.1, -0.05) is 24.1 Å². The third-order valence-electron chi connectivity index (χ3n) is 2.86. The fourth-order valence-corrected chi connectivity index (χ4v) is 2.24. The van der Waals surface area contributed by atoms with Gasteiger partial charge in [0.25, 0.3) is 0 Å². The minimum atomic E-state index is -0.262. The van der Waals surface area contributed by atoms with E-state index in [0.717, 1.165) is 25.2 Å². The number of hydrogen-bond donors (Lipinski definition) is 0. The van der Waals surface area contributed by atoms with Crippen molar-refractivity contribution in [1.82, 2.24) is 4.90 Å². The van der Waals surface area contributed by atoms with Crippen molar-refractivity contribution in [2.75, 3.05) is 13.1 Å². The number of rotatable bonds is 2. The molecule has 1 aromatic carbocycles. The standard InChI is InChI=1S/C12H15ClFN/c13-12-8-11(14)5-4-10(12)9-15-6-2-1-3-7-15/h4-5,8H,1-3,6-7,9H2. The molecule has 0 saturated carbocycles. The fourth-order valence-electron chi connectivity index (χ4n) is 2.01. The Labute approximate surface area is 94.8 Å². The number of hydrogen-bond acceptors (Lipinski definition) is 1. The van der Waals surface area contributed by atoms with Gasteiger partial charge in [0, 0.05) is 11.6 Å². The zero-order valence-corrected chi connectivity index (χ0v) is 9.43. The lowest BCUT2D eigenvalue weighted by atomic mass is 10.1. The van der Waals surface area contributed by atoms with Crippen molar-refractivity contribution in [3.05, 3.63) is 34.6 Å². The lowest BCUT2D eigenvalue weighted by molar-refractivity contribution is 0.221. The van der Waals surface area contributed by atoms with Crippen LogP contribution in [0, 0.1) is 5.82 Å². The van der Waals surface area contributed by atoms with Gasteiger partial charge in [-0.15, -0.1) is 0 Å². The average Bonchev–Trinajstić information content (AvgIpc) is 2.24. The summed E-state index contributed by atoms with van der Waals surface area (Å²) in [5.41, 5.74) is 1.03. The smallest absolute Gasteiger partial charge is 0.124 e. The van der Waals surface area contributed by atoms with E-state index in [1.54, 1.807) is 6.07 Å². The first-order chi connectivity index (χ1) is 7.25. The molecular weight excluding hydrogens is 213 g/mol. The van der Waals surface area contributed by atoms with E-state index in [-0.39, 0.29) is 5.82 Å². The fraction of sp³-hybridized carbons (Fsp3) is 0.500. The quantitative estimate of drug-likeness (QED) is 0.748. The van der Waals surface area contributed by atoms with E-state index in [1.165, 1.54) is 31.4 Å². The van der Waals surface area contributed by atoms with Gasteiger partial charge in [0.15, 0.2) is 0 Å². The van der Waals surface area contributed by atoms with Crippen LogP contribution in [0.5, 0.6) is 0 Å². The maximum absolute atomic E-state index is 12.8. The third kappa shape index (κ3) is 2.93. The molecule has 2 rings (SSSR count). The van der Waals surface area contributed by atoms with Crippen LogP contribution in [-0.2, 0) is 6.54 Å². The SMILES string of the molecule is Fc1ccc(CN2CCCCC2)c(Cl)c1. The lowest BCUT2D eigenvalue weighted by Gasteiger charge is -2.26. The van der Waals surface area contributed by atoms with Crippen LogP contribution in [-0.4, -0.2) is 18.0 Å². The van der Waals surface area contributed by atoms with Gasteiger partial charge in [-0.25, -0.2) is 4.39 Å². The van der Waals surface area contributed by atoms with Crippen molar-refractivity contribution in [2.45, 2.75) is 25.8 Å². The molecule has 82 valence electrons. The molecule has 1 saturated heterocycles. The van der Waals surface area contributed by atoms with Gasteiger partial charge in [-0.2, -0.15) is 0 Å². The molecule has 3 heteroatoms. The van der Waals surface area contributed by atoms with Crippen molar-refractivity contribution in [1.29, 1.82) is 0 Å². The Morgan fingerprint density at radius 3 is 2.60 bits per heavy atom. The van der Waals surface area contributed by atoms with Crippen molar-refractivity contribution in [3.8, 4) is 0 Å². The molecule has 1 nitrogen and oxygen atoms in total. The molecule has 0 N–H and O–H groups in total. The normalized spacial score (nSPS) is 18.0. The lowest BCUT2D eigenvalue weighted by Crippen LogP contribution is -2.29. The molecule has 0 spiro atoms. The topological polar surface area (TPSA) is 3.24 Å². The molecule has 1 aliphatic rings. The van der Waals surface area contributed by atoms with E-state index in [0.29, 0.717) is 5.02 Å². The van der Waals surface area contributed by atoms with Gasteiger partial charge in [-0.05, 0) is 43.6 Å². The molecule has 1 fully saturated rings. The summed E-state index contributed by atoms with van der Waals surface area (Å²) in [6.07, 6.45) is 3.85. The van der Waals surface area contributed by atoms with Gasteiger partial charge in [0.05, 0.1) is 0 Å². The molecule has 0 unspecified atom stereocenters. The highest BCUT2D eigenvalue weighted by atomic mass is 35.5. The first kappa shape index (κ1) is 10.9. The summed E-state index contributed by atoms with van der Waals surface area (Å²) in [6.45, 7) is 3.11.